The van der Waals surface area contributed by atoms with E-state index in [1.165, 1.54) is 30.3 Å². The summed E-state index contributed by atoms with van der Waals surface area (Å²) in [6.07, 6.45) is 0. The Labute approximate surface area is 251 Å². The van der Waals surface area contributed by atoms with Crippen LogP contribution in [0.4, 0.5) is 4.39 Å². The zero-order valence-corrected chi connectivity index (χ0v) is 23.7. The summed E-state index contributed by atoms with van der Waals surface area (Å²) in [5.41, 5.74) is 8.21. The Morgan fingerprint density at radius 1 is 1.02 bits per heavy atom. The third-order valence-corrected chi connectivity index (χ3v) is 7.04. The number of rotatable bonds is 8. The van der Waals surface area contributed by atoms with Crippen molar-refractivity contribution in [3.63, 3.8) is 0 Å². The normalized spacial score (nSPS) is 13.9. The van der Waals surface area contributed by atoms with E-state index in [0.717, 1.165) is 0 Å². The highest BCUT2D eigenvalue weighted by Gasteiger charge is 2.32. The summed E-state index contributed by atoms with van der Waals surface area (Å²) >= 11 is 12.1. The molecule has 212 valence electrons. The molecule has 7 nitrogen and oxygen atoms in total. The topological polar surface area (TPSA) is 104 Å². The monoisotopic (exact) mass is 604 g/mol. The van der Waals surface area contributed by atoms with Gasteiger partial charge in [-0.25, -0.2) is 9.18 Å². The van der Waals surface area contributed by atoms with E-state index in [1.807, 2.05) is 6.92 Å². The van der Waals surface area contributed by atoms with Gasteiger partial charge in [0, 0.05) is 22.2 Å². The van der Waals surface area contributed by atoms with E-state index in [9.17, 15) is 14.4 Å². The highest BCUT2D eigenvalue weighted by Crippen LogP contribution is 2.45. The van der Waals surface area contributed by atoms with Crippen molar-refractivity contribution in [1.82, 2.24) is 0 Å². The molecular formula is C32H23Cl2FN2O5. The van der Waals surface area contributed by atoms with Gasteiger partial charge in [-0.2, -0.15) is 5.26 Å². The molecule has 4 aromatic carbocycles. The molecule has 42 heavy (non-hydrogen) atoms. The lowest BCUT2D eigenvalue weighted by molar-refractivity contribution is 0.0734. The molecule has 4 aromatic rings. The van der Waals surface area contributed by atoms with Crippen molar-refractivity contribution in [2.75, 3.05) is 6.61 Å². The Hall–Kier alpha value is -4.71. The van der Waals surface area contributed by atoms with Gasteiger partial charge in [-0.05, 0) is 55.0 Å². The fourth-order valence-corrected chi connectivity index (χ4v) is 5.01. The molecule has 2 N–H and O–H groups in total. The molecule has 0 radical (unpaired) electrons. The van der Waals surface area contributed by atoms with Crippen LogP contribution in [0.3, 0.4) is 0 Å². The maximum Gasteiger partial charge on any atom is 0.345 e. The van der Waals surface area contributed by atoms with Gasteiger partial charge < -0.3 is 24.7 Å². The van der Waals surface area contributed by atoms with Gasteiger partial charge in [0.1, 0.15) is 35.6 Å². The van der Waals surface area contributed by atoms with Gasteiger partial charge in [-0.15, -0.1) is 0 Å². The van der Waals surface area contributed by atoms with E-state index in [4.69, 9.17) is 47.9 Å². The van der Waals surface area contributed by atoms with E-state index in [-0.39, 0.29) is 40.2 Å². The highest BCUT2D eigenvalue weighted by molar-refractivity contribution is 6.36. The number of carbonyl (C=O) groups is 1. The molecule has 1 atom stereocenters. The Morgan fingerprint density at radius 3 is 2.57 bits per heavy atom. The first-order valence-corrected chi connectivity index (χ1v) is 13.6. The molecule has 1 aliphatic heterocycles. The zero-order valence-electron chi connectivity index (χ0n) is 22.2. The first-order chi connectivity index (χ1) is 20.3. The van der Waals surface area contributed by atoms with Crippen molar-refractivity contribution < 1.29 is 28.1 Å². The molecule has 10 heteroatoms. The first kappa shape index (κ1) is 28.8. The van der Waals surface area contributed by atoms with Crippen LogP contribution in [-0.2, 0) is 6.61 Å². The molecule has 5 rings (SSSR count). The molecule has 0 fully saturated rings. The SMILES string of the molecule is CCOc1cc(C2C(C#N)=C(N)Oc3cc(OC(=O)c4ccc(Cl)cc4Cl)ccc32)ccc1OCc1ccccc1F. The minimum absolute atomic E-state index is 0.00518. The van der Waals surface area contributed by atoms with E-state index >= 15 is 0 Å². The van der Waals surface area contributed by atoms with Crippen LogP contribution in [0.2, 0.25) is 10.0 Å². The second-order valence-electron chi connectivity index (χ2n) is 9.16. The summed E-state index contributed by atoms with van der Waals surface area (Å²) in [5, 5.41) is 10.5. The average Bonchev–Trinajstić information content (AvgIpc) is 2.96. The van der Waals surface area contributed by atoms with Crippen LogP contribution in [0.15, 0.2) is 90.3 Å². The molecule has 1 aliphatic rings. The molecule has 1 heterocycles. The summed E-state index contributed by atoms with van der Waals surface area (Å²) in [6.45, 7) is 2.18. The van der Waals surface area contributed by atoms with Crippen LogP contribution in [0.25, 0.3) is 0 Å². The Morgan fingerprint density at radius 2 is 1.83 bits per heavy atom. The van der Waals surface area contributed by atoms with Crippen molar-refractivity contribution in [3.05, 3.63) is 128 Å². The van der Waals surface area contributed by atoms with Crippen LogP contribution >= 0.6 is 23.2 Å². The molecule has 0 spiro atoms. The number of carbonyl (C=O) groups excluding carboxylic acids is 1. The number of esters is 1. The number of fused-ring (bicyclic) bond motifs is 1. The fourth-order valence-electron chi connectivity index (χ4n) is 4.52. The summed E-state index contributed by atoms with van der Waals surface area (Å²) in [5.74, 6) is -0.434. The minimum atomic E-state index is -0.683. The number of allylic oxidation sites excluding steroid dienone is 1. The van der Waals surface area contributed by atoms with Crippen LogP contribution in [0.1, 0.15) is 39.9 Å². The molecule has 0 bridgehead atoms. The van der Waals surface area contributed by atoms with Crippen molar-refractivity contribution in [3.8, 4) is 29.1 Å². The van der Waals surface area contributed by atoms with E-state index < -0.39 is 11.9 Å². The van der Waals surface area contributed by atoms with Gasteiger partial charge >= 0.3 is 5.97 Å². The number of nitrogens with two attached hydrogens (primary N) is 1. The molecule has 0 amide bonds. The van der Waals surface area contributed by atoms with Gasteiger partial charge in [0.2, 0.25) is 5.88 Å². The van der Waals surface area contributed by atoms with E-state index in [2.05, 4.69) is 6.07 Å². The number of ether oxygens (including phenoxy) is 4. The number of benzene rings is 4. The van der Waals surface area contributed by atoms with Crippen molar-refractivity contribution in [2.45, 2.75) is 19.4 Å². The maximum absolute atomic E-state index is 14.1. The number of halogens is 3. The lowest BCUT2D eigenvalue weighted by atomic mass is 9.83. The molecule has 0 saturated carbocycles. The second-order valence-corrected chi connectivity index (χ2v) is 10.0. The van der Waals surface area contributed by atoms with Crippen molar-refractivity contribution in [1.29, 1.82) is 5.26 Å². The molecule has 0 aromatic heterocycles. The first-order valence-electron chi connectivity index (χ1n) is 12.8. The predicted octanol–water partition coefficient (Wildman–Crippen LogP) is 7.55. The average molecular weight is 605 g/mol. The van der Waals surface area contributed by atoms with Gasteiger partial charge in [0.25, 0.3) is 0 Å². The number of nitriles is 1. The molecular weight excluding hydrogens is 582 g/mol. The number of hydrogen-bond donors (Lipinski definition) is 1. The van der Waals surface area contributed by atoms with Crippen LogP contribution < -0.4 is 24.7 Å². The molecule has 0 aliphatic carbocycles. The van der Waals surface area contributed by atoms with E-state index in [1.54, 1.807) is 48.5 Å². The smallest absolute Gasteiger partial charge is 0.345 e. The van der Waals surface area contributed by atoms with Gasteiger partial charge in [-0.3, -0.25) is 0 Å². The number of hydrogen-bond acceptors (Lipinski definition) is 7. The van der Waals surface area contributed by atoms with Crippen molar-refractivity contribution in [2.24, 2.45) is 5.73 Å². The van der Waals surface area contributed by atoms with Gasteiger partial charge in [-0.1, -0.05) is 53.5 Å². The zero-order chi connectivity index (χ0) is 29.8. The summed E-state index contributed by atoms with van der Waals surface area (Å²) < 4.78 is 37.1. The Balaban J connectivity index is 1.46. The summed E-state index contributed by atoms with van der Waals surface area (Å²) in [4.78, 5) is 12.7. The largest absolute Gasteiger partial charge is 0.490 e. The summed E-state index contributed by atoms with van der Waals surface area (Å²) in [6, 6.07) is 23.0. The Kier molecular flexibility index (Phi) is 8.53. The van der Waals surface area contributed by atoms with Crippen LogP contribution in [0, 0.1) is 17.1 Å². The third-order valence-electron chi connectivity index (χ3n) is 6.49. The lowest BCUT2D eigenvalue weighted by Crippen LogP contribution is -2.21. The lowest BCUT2D eigenvalue weighted by Gasteiger charge is -2.27. The standard InChI is InChI=1S/C32H23Cl2FN2O5/c1-2-39-29-13-18(7-12-27(29)40-17-19-5-3-4-6-26(19)35)30-23-11-9-21(15-28(23)42-31(37)24(30)16-36)41-32(38)22-10-8-20(33)14-25(22)34/h3-15,30H,2,17,37H2,1H3. The summed E-state index contributed by atoms with van der Waals surface area (Å²) in [7, 11) is 0. The van der Waals surface area contributed by atoms with Gasteiger partial charge in [0.05, 0.1) is 23.1 Å². The Bertz CT molecular complexity index is 1750. The third kappa shape index (κ3) is 5.98. The number of nitrogens with zero attached hydrogens (tertiary/aromatic N) is 1. The second kappa shape index (κ2) is 12.4. The van der Waals surface area contributed by atoms with Crippen LogP contribution in [-0.4, -0.2) is 12.6 Å². The predicted molar refractivity (Wildman–Crippen MR) is 156 cm³/mol. The van der Waals surface area contributed by atoms with Crippen molar-refractivity contribution >= 4 is 29.2 Å². The molecule has 0 saturated heterocycles. The maximum atomic E-state index is 14.1. The molecule has 1 unspecified atom stereocenters. The quantitative estimate of drug-likeness (QED) is 0.163. The highest BCUT2D eigenvalue weighted by atomic mass is 35.5. The van der Waals surface area contributed by atoms with E-state index in [0.29, 0.717) is 45.6 Å². The fraction of sp³-hybridized carbons (Fsp3) is 0.125. The van der Waals surface area contributed by atoms with Crippen LogP contribution in [0.5, 0.6) is 23.0 Å². The van der Waals surface area contributed by atoms with Gasteiger partial charge in [0.15, 0.2) is 11.5 Å². The minimum Gasteiger partial charge on any atom is -0.490 e.